The topological polar surface area (TPSA) is 40.6 Å². The molecule has 2 aromatic rings. The maximum atomic E-state index is 13.2. The van der Waals surface area contributed by atoms with Crippen molar-refractivity contribution in [3.05, 3.63) is 70.5 Å². The maximum Gasteiger partial charge on any atom is 0.255 e. The summed E-state index contributed by atoms with van der Waals surface area (Å²) >= 11 is 6.08. The van der Waals surface area contributed by atoms with Gasteiger partial charge in [-0.05, 0) is 29.8 Å². The van der Waals surface area contributed by atoms with Crippen molar-refractivity contribution in [3.63, 3.8) is 0 Å². The fourth-order valence-corrected chi connectivity index (χ4v) is 3.11. The molecule has 2 aromatic carbocycles. The second-order valence-corrected chi connectivity index (χ2v) is 6.37. The van der Waals surface area contributed by atoms with Crippen LogP contribution in [0.25, 0.3) is 0 Å². The number of benzene rings is 2. The van der Waals surface area contributed by atoms with Crippen LogP contribution in [0.2, 0.25) is 5.02 Å². The van der Waals surface area contributed by atoms with Gasteiger partial charge in [0.05, 0.1) is 17.0 Å². The lowest BCUT2D eigenvalue weighted by Crippen LogP contribution is -2.51. The minimum atomic E-state index is -0.347. The Kier molecular flexibility index (Phi) is 5.34. The van der Waals surface area contributed by atoms with Crippen molar-refractivity contribution in [2.24, 2.45) is 0 Å². The van der Waals surface area contributed by atoms with Crippen LogP contribution in [0.4, 0.5) is 4.39 Å². The number of piperazine rings is 1. The smallest absolute Gasteiger partial charge is 0.255 e. The fourth-order valence-electron chi connectivity index (χ4n) is 2.90. The molecule has 1 heterocycles. The lowest BCUT2D eigenvalue weighted by molar-refractivity contribution is -0.131. The average Bonchev–Trinajstić information content (AvgIpc) is 2.62. The van der Waals surface area contributed by atoms with Crippen LogP contribution in [0.5, 0.6) is 0 Å². The maximum absolute atomic E-state index is 13.2. The molecule has 1 fully saturated rings. The fraction of sp³-hybridized carbons (Fsp3) is 0.263. The van der Waals surface area contributed by atoms with Crippen molar-refractivity contribution in [1.82, 2.24) is 9.80 Å². The first-order valence-corrected chi connectivity index (χ1v) is 8.48. The molecule has 0 atom stereocenters. The Bertz CT molecular complexity index is 788. The van der Waals surface area contributed by atoms with E-state index in [1.54, 1.807) is 46.2 Å². The van der Waals surface area contributed by atoms with Crippen molar-refractivity contribution in [2.45, 2.75) is 6.42 Å². The standard InChI is InChI=1S/C19H18ClFN2O2/c20-17-7-2-1-6-16(17)19(25)23-10-8-22(9-11-23)18(24)13-14-4-3-5-15(21)12-14/h1-7,12H,8-11,13H2. The largest absolute Gasteiger partial charge is 0.339 e. The third-order valence-electron chi connectivity index (χ3n) is 4.27. The van der Waals surface area contributed by atoms with Gasteiger partial charge in [-0.3, -0.25) is 9.59 Å². The third kappa shape index (κ3) is 4.17. The van der Waals surface area contributed by atoms with Crippen LogP contribution in [0, 0.1) is 5.82 Å². The summed E-state index contributed by atoms with van der Waals surface area (Å²) in [5.41, 5.74) is 1.13. The van der Waals surface area contributed by atoms with Gasteiger partial charge in [-0.2, -0.15) is 0 Å². The molecule has 1 aliphatic heterocycles. The zero-order valence-electron chi connectivity index (χ0n) is 13.6. The number of halogens is 2. The molecule has 25 heavy (non-hydrogen) atoms. The summed E-state index contributed by atoms with van der Waals surface area (Å²) in [4.78, 5) is 28.3. The van der Waals surface area contributed by atoms with E-state index in [-0.39, 0.29) is 24.1 Å². The van der Waals surface area contributed by atoms with Crippen molar-refractivity contribution in [1.29, 1.82) is 0 Å². The van der Waals surface area contributed by atoms with Crippen molar-refractivity contribution in [2.75, 3.05) is 26.2 Å². The number of hydrogen-bond acceptors (Lipinski definition) is 2. The molecule has 6 heteroatoms. The van der Waals surface area contributed by atoms with Gasteiger partial charge in [0.15, 0.2) is 0 Å². The lowest BCUT2D eigenvalue weighted by Gasteiger charge is -2.35. The van der Waals surface area contributed by atoms with Crippen LogP contribution in [0.1, 0.15) is 15.9 Å². The van der Waals surface area contributed by atoms with Crippen LogP contribution in [0.15, 0.2) is 48.5 Å². The number of nitrogens with zero attached hydrogens (tertiary/aromatic N) is 2. The summed E-state index contributed by atoms with van der Waals surface area (Å²) in [6.45, 7) is 1.84. The Morgan fingerprint density at radius 2 is 1.64 bits per heavy atom. The summed E-state index contributed by atoms with van der Waals surface area (Å²) in [6.07, 6.45) is 0.163. The molecule has 0 aliphatic carbocycles. The van der Waals surface area contributed by atoms with Crippen LogP contribution in [0.3, 0.4) is 0 Å². The predicted molar refractivity (Wildman–Crippen MR) is 94.0 cm³/mol. The van der Waals surface area contributed by atoms with Crippen molar-refractivity contribution < 1.29 is 14.0 Å². The van der Waals surface area contributed by atoms with Gasteiger partial charge >= 0.3 is 0 Å². The molecule has 0 aromatic heterocycles. The zero-order chi connectivity index (χ0) is 17.8. The Morgan fingerprint density at radius 1 is 0.960 bits per heavy atom. The van der Waals surface area contributed by atoms with Gasteiger partial charge in [0, 0.05) is 26.2 Å². The molecule has 0 spiro atoms. The lowest BCUT2D eigenvalue weighted by atomic mass is 10.1. The first kappa shape index (κ1) is 17.4. The summed E-state index contributed by atoms with van der Waals surface area (Å²) in [6, 6.07) is 13.0. The van der Waals surface area contributed by atoms with Crippen LogP contribution >= 0.6 is 11.6 Å². The second kappa shape index (κ2) is 7.66. The molecule has 0 radical (unpaired) electrons. The first-order chi connectivity index (χ1) is 12.0. The van der Waals surface area contributed by atoms with Crippen LogP contribution in [-0.4, -0.2) is 47.8 Å². The van der Waals surface area contributed by atoms with Gasteiger partial charge in [0.2, 0.25) is 5.91 Å². The summed E-state index contributed by atoms with van der Waals surface area (Å²) in [5, 5.41) is 0.428. The molecule has 4 nitrogen and oxygen atoms in total. The Hall–Kier alpha value is -2.40. The molecule has 0 bridgehead atoms. The van der Waals surface area contributed by atoms with E-state index < -0.39 is 0 Å². The third-order valence-corrected chi connectivity index (χ3v) is 4.60. The monoisotopic (exact) mass is 360 g/mol. The quantitative estimate of drug-likeness (QED) is 0.844. The molecular weight excluding hydrogens is 343 g/mol. The zero-order valence-corrected chi connectivity index (χ0v) is 14.4. The van der Waals surface area contributed by atoms with Crippen LogP contribution in [-0.2, 0) is 11.2 Å². The molecule has 3 rings (SSSR count). The number of carbonyl (C=O) groups excluding carboxylic acids is 2. The van der Waals surface area contributed by atoms with Gasteiger partial charge in [0.1, 0.15) is 5.82 Å². The predicted octanol–water partition coefficient (Wildman–Crippen LogP) is 3.01. The molecule has 1 saturated heterocycles. The van der Waals surface area contributed by atoms with Crippen LogP contribution < -0.4 is 0 Å². The van der Waals surface area contributed by atoms with Crippen molar-refractivity contribution >= 4 is 23.4 Å². The van der Waals surface area contributed by atoms with E-state index in [4.69, 9.17) is 11.6 Å². The molecular formula is C19H18ClFN2O2. The first-order valence-electron chi connectivity index (χ1n) is 8.10. The highest BCUT2D eigenvalue weighted by Crippen LogP contribution is 2.18. The highest BCUT2D eigenvalue weighted by Gasteiger charge is 2.25. The normalized spacial score (nSPS) is 14.5. The van der Waals surface area contributed by atoms with E-state index in [2.05, 4.69) is 0 Å². The van der Waals surface area contributed by atoms with E-state index in [0.717, 1.165) is 0 Å². The average molecular weight is 361 g/mol. The molecule has 130 valence electrons. The Labute approximate surface area is 150 Å². The minimum Gasteiger partial charge on any atom is -0.339 e. The van der Waals surface area contributed by atoms with E-state index in [1.165, 1.54) is 12.1 Å². The van der Waals surface area contributed by atoms with E-state index in [1.807, 2.05) is 0 Å². The van der Waals surface area contributed by atoms with Gasteiger partial charge in [-0.25, -0.2) is 4.39 Å². The molecule has 1 aliphatic rings. The Balaban J connectivity index is 1.57. The van der Waals surface area contributed by atoms with Gasteiger partial charge in [0.25, 0.3) is 5.91 Å². The number of hydrogen-bond donors (Lipinski definition) is 0. The number of rotatable bonds is 3. The van der Waals surface area contributed by atoms with E-state index in [0.29, 0.717) is 42.3 Å². The summed E-state index contributed by atoms with van der Waals surface area (Å²) in [5.74, 6) is -0.529. The highest BCUT2D eigenvalue weighted by atomic mass is 35.5. The SMILES string of the molecule is O=C(Cc1cccc(F)c1)N1CCN(C(=O)c2ccccc2Cl)CC1. The molecule has 0 N–H and O–H groups in total. The Morgan fingerprint density at radius 3 is 2.32 bits per heavy atom. The van der Waals surface area contributed by atoms with E-state index in [9.17, 15) is 14.0 Å². The van der Waals surface area contributed by atoms with Crippen molar-refractivity contribution in [3.8, 4) is 0 Å². The summed E-state index contributed by atoms with van der Waals surface area (Å²) in [7, 11) is 0. The number of carbonyl (C=O) groups is 2. The molecule has 2 amide bonds. The molecule has 0 unspecified atom stereocenters. The van der Waals surface area contributed by atoms with Gasteiger partial charge in [-0.1, -0.05) is 35.9 Å². The van der Waals surface area contributed by atoms with Gasteiger partial charge < -0.3 is 9.80 Å². The van der Waals surface area contributed by atoms with E-state index >= 15 is 0 Å². The minimum absolute atomic E-state index is 0.0598. The molecule has 0 saturated carbocycles. The van der Waals surface area contributed by atoms with Gasteiger partial charge in [-0.15, -0.1) is 0 Å². The second-order valence-electron chi connectivity index (χ2n) is 5.96. The summed E-state index contributed by atoms with van der Waals surface area (Å²) < 4.78 is 13.2. The highest BCUT2D eigenvalue weighted by molar-refractivity contribution is 6.33. The number of amides is 2.